The van der Waals surface area contributed by atoms with Gasteiger partial charge in [0.25, 0.3) is 0 Å². The van der Waals surface area contributed by atoms with Crippen molar-refractivity contribution in [2.75, 3.05) is 6.61 Å². The molecule has 4 heteroatoms. The summed E-state index contributed by atoms with van der Waals surface area (Å²) in [7, 11) is 0. The molecule has 16 heavy (non-hydrogen) atoms. The van der Waals surface area contributed by atoms with E-state index in [0.717, 1.165) is 0 Å². The Hall–Kier alpha value is -1.45. The number of rotatable bonds is 4. The first kappa shape index (κ1) is 12.6. The van der Waals surface area contributed by atoms with Crippen LogP contribution in [0.4, 0.5) is 8.78 Å². The number of ether oxygens (including phenoxy) is 1. The summed E-state index contributed by atoms with van der Waals surface area (Å²) in [5, 5.41) is 0. The van der Waals surface area contributed by atoms with Crippen LogP contribution < -0.4 is 4.74 Å². The van der Waals surface area contributed by atoms with Gasteiger partial charge in [-0.05, 0) is 44.0 Å². The number of carbonyl (C=O) groups excluding carboxylic acids is 1. The maximum absolute atomic E-state index is 12.2. The Kier molecular flexibility index (Phi) is 3.99. The summed E-state index contributed by atoms with van der Waals surface area (Å²) in [6.45, 7) is 5.82. The molecule has 2 nitrogen and oxygen atoms in total. The van der Waals surface area contributed by atoms with E-state index in [1.807, 2.05) is 6.92 Å². The molecule has 0 amide bonds. The number of aryl methyl sites for hydroxylation is 2. The maximum Gasteiger partial charge on any atom is 0.300 e. The van der Waals surface area contributed by atoms with Gasteiger partial charge in [-0.2, -0.15) is 0 Å². The van der Waals surface area contributed by atoms with Gasteiger partial charge in [0.05, 0.1) is 6.61 Å². The van der Waals surface area contributed by atoms with Crippen molar-refractivity contribution in [2.45, 2.75) is 27.2 Å². The van der Waals surface area contributed by atoms with Crippen LogP contribution in [0.1, 0.15) is 28.4 Å². The van der Waals surface area contributed by atoms with Crippen LogP contribution in [-0.4, -0.2) is 18.8 Å². The number of hydrogen-bond donors (Lipinski definition) is 0. The molecule has 0 radical (unpaired) electrons. The average molecular weight is 228 g/mol. The smallest absolute Gasteiger partial charge is 0.300 e. The molecule has 0 heterocycles. The highest BCUT2D eigenvalue weighted by Gasteiger charge is 2.19. The van der Waals surface area contributed by atoms with Crippen molar-refractivity contribution in [1.82, 2.24) is 0 Å². The van der Waals surface area contributed by atoms with E-state index < -0.39 is 12.2 Å². The largest absolute Gasteiger partial charge is 0.493 e. The van der Waals surface area contributed by atoms with E-state index in [4.69, 9.17) is 4.74 Å². The molecule has 0 atom stereocenters. The van der Waals surface area contributed by atoms with Gasteiger partial charge in [-0.15, -0.1) is 0 Å². The van der Waals surface area contributed by atoms with Gasteiger partial charge in [-0.25, -0.2) is 8.78 Å². The van der Waals surface area contributed by atoms with Crippen LogP contribution in [0.5, 0.6) is 5.75 Å². The van der Waals surface area contributed by atoms with E-state index in [0.29, 0.717) is 23.5 Å². The molecule has 0 spiro atoms. The van der Waals surface area contributed by atoms with Crippen LogP contribution in [-0.2, 0) is 0 Å². The minimum absolute atomic E-state index is 0.0356. The molecule has 0 aliphatic heterocycles. The second-order valence-electron chi connectivity index (χ2n) is 3.54. The van der Waals surface area contributed by atoms with Crippen molar-refractivity contribution in [3.63, 3.8) is 0 Å². The zero-order chi connectivity index (χ0) is 12.3. The Morgan fingerprint density at radius 3 is 2.19 bits per heavy atom. The van der Waals surface area contributed by atoms with Gasteiger partial charge in [-0.1, -0.05) is 0 Å². The summed E-state index contributed by atoms with van der Waals surface area (Å²) < 4.78 is 29.9. The van der Waals surface area contributed by atoms with E-state index in [9.17, 15) is 13.6 Å². The molecule has 0 saturated heterocycles. The third-order valence-electron chi connectivity index (χ3n) is 2.23. The first-order valence-corrected chi connectivity index (χ1v) is 5.03. The quantitative estimate of drug-likeness (QED) is 0.740. The summed E-state index contributed by atoms with van der Waals surface area (Å²) >= 11 is 0. The molecule has 0 aliphatic rings. The summed E-state index contributed by atoms with van der Waals surface area (Å²) in [6.07, 6.45) is -2.96. The fourth-order valence-electron chi connectivity index (χ4n) is 1.59. The lowest BCUT2D eigenvalue weighted by Crippen LogP contribution is -2.11. The fourth-order valence-corrected chi connectivity index (χ4v) is 1.59. The molecular formula is C12H14F2O2. The fraction of sp³-hybridized carbons (Fsp3) is 0.417. The zero-order valence-corrected chi connectivity index (χ0v) is 9.51. The molecular weight excluding hydrogens is 214 g/mol. The summed E-state index contributed by atoms with van der Waals surface area (Å²) in [4.78, 5) is 11.1. The SMILES string of the molecule is CCOc1c(C)cc(C(=O)C(F)F)cc1C. The number of ketones is 1. The van der Waals surface area contributed by atoms with Gasteiger partial charge in [0.15, 0.2) is 0 Å². The van der Waals surface area contributed by atoms with E-state index in [1.165, 1.54) is 12.1 Å². The second-order valence-corrected chi connectivity index (χ2v) is 3.54. The molecule has 1 aromatic rings. The average Bonchev–Trinajstić information content (AvgIpc) is 2.21. The lowest BCUT2D eigenvalue weighted by Gasteiger charge is -2.12. The highest BCUT2D eigenvalue weighted by Crippen LogP contribution is 2.25. The van der Waals surface area contributed by atoms with E-state index >= 15 is 0 Å². The topological polar surface area (TPSA) is 26.3 Å². The van der Waals surface area contributed by atoms with Crippen molar-refractivity contribution in [1.29, 1.82) is 0 Å². The highest BCUT2D eigenvalue weighted by atomic mass is 19.3. The number of carbonyl (C=O) groups is 1. The summed E-state index contributed by atoms with van der Waals surface area (Å²) in [5.41, 5.74) is 1.44. The Balaban J connectivity index is 3.14. The molecule has 0 unspecified atom stereocenters. The van der Waals surface area contributed by atoms with Crippen molar-refractivity contribution in [3.8, 4) is 5.75 Å². The van der Waals surface area contributed by atoms with Crippen LogP contribution in [0.2, 0.25) is 0 Å². The van der Waals surface area contributed by atoms with E-state index in [-0.39, 0.29) is 5.56 Å². The standard InChI is InChI=1S/C12H14F2O2/c1-4-16-11-7(2)5-9(6-8(11)3)10(15)12(13)14/h5-6,12H,4H2,1-3H3. The van der Waals surface area contributed by atoms with Crippen molar-refractivity contribution in [2.24, 2.45) is 0 Å². The summed E-state index contributed by atoms with van der Waals surface area (Å²) in [6, 6.07) is 2.87. The number of benzene rings is 1. The van der Waals surface area contributed by atoms with E-state index in [1.54, 1.807) is 13.8 Å². The van der Waals surface area contributed by atoms with Crippen LogP contribution in [0.25, 0.3) is 0 Å². The number of hydrogen-bond acceptors (Lipinski definition) is 2. The number of Topliss-reactive ketones (excluding diaryl/α,β-unsaturated/α-hetero) is 1. The van der Waals surface area contributed by atoms with Crippen molar-refractivity contribution < 1.29 is 18.3 Å². The lowest BCUT2D eigenvalue weighted by atomic mass is 10.0. The predicted molar refractivity (Wildman–Crippen MR) is 57.4 cm³/mol. The normalized spacial score (nSPS) is 10.6. The van der Waals surface area contributed by atoms with Gasteiger partial charge in [0.2, 0.25) is 5.78 Å². The lowest BCUT2D eigenvalue weighted by molar-refractivity contribution is 0.0678. The molecule has 0 aromatic heterocycles. The Morgan fingerprint density at radius 1 is 1.31 bits per heavy atom. The Bertz CT molecular complexity index is 377. The summed E-state index contributed by atoms with van der Waals surface area (Å²) in [5.74, 6) is -0.484. The first-order valence-electron chi connectivity index (χ1n) is 5.03. The van der Waals surface area contributed by atoms with Gasteiger partial charge < -0.3 is 4.74 Å². The highest BCUT2D eigenvalue weighted by molar-refractivity contribution is 5.99. The third-order valence-corrected chi connectivity index (χ3v) is 2.23. The van der Waals surface area contributed by atoms with Gasteiger partial charge in [0, 0.05) is 5.56 Å². The van der Waals surface area contributed by atoms with Crippen LogP contribution in [0.15, 0.2) is 12.1 Å². The molecule has 88 valence electrons. The van der Waals surface area contributed by atoms with Gasteiger partial charge in [-0.3, -0.25) is 4.79 Å². The number of halogens is 2. The second kappa shape index (κ2) is 5.05. The number of alkyl halides is 2. The van der Waals surface area contributed by atoms with Gasteiger partial charge in [0.1, 0.15) is 5.75 Å². The third kappa shape index (κ3) is 2.56. The van der Waals surface area contributed by atoms with E-state index in [2.05, 4.69) is 0 Å². The zero-order valence-electron chi connectivity index (χ0n) is 9.51. The molecule has 0 N–H and O–H groups in total. The minimum atomic E-state index is -2.96. The molecule has 0 aliphatic carbocycles. The van der Waals surface area contributed by atoms with Gasteiger partial charge >= 0.3 is 6.43 Å². The van der Waals surface area contributed by atoms with Crippen LogP contribution >= 0.6 is 0 Å². The van der Waals surface area contributed by atoms with Crippen LogP contribution in [0, 0.1) is 13.8 Å². The first-order chi connectivity index (χ1) is 7.47. The van der Waals surface area contributed by atoms with Crippen molar-refractivity contribution >= 4 is 5.78 Å². The minimum Gasteiger partial charge on any atom is -0.493 e. The molecule has 0 bridgehead atoms. The Labute approximate surface area is 93.2 Å². The molecule has 0 fully saturated rings. The molecule has 1 rings (SSSR count). The maximum atomic E-state index is 12.2. The molecule has 0 saturated carbocycles. The molecule has 1 aromatic carbocycles. The predicted octanol–water partition coefficient (Wildman–Crippen LogP) is 3.15. The van der Waals surface area contributed by atoms with Crippen molar-refractivity contribution in [3.05, 3.63) is 28.8 Å². The van der Waals surface area contributed by atoms with Crippen LogP contribution in [0.3, 0.4) is 0 Å². The Morgan fingerprint density at radius 2 is 1.81 bits per heavy atom. The monoisotopic (exact) mass is 228 g/mol.